The number of carbonyl (C=O) groups excluding carboxylic acids is 1. The predicted octanol–water partition coefficient (Wildman–Crippen LogP) is 5.95. The maximum absolute atomic E-state index is 14.2. The number of amides is 1. The van der Waals surface area contributed by atoms with E-state index in [9.17, 15) is 9.18 Å². The van der Waals surface area contributed by atoms with Crippen LogP contribution in [0.5, 0.6) is 5.75 Å². The zero-order valence-electron chi connectivity index (χ0n) is 16.0. The zero-order chi connectivity index (χ0) is 21.0. The Labute approximate surface area is 178 Å². The highest BCUT2D eigenvalue weighted by atomic mass is 35.5. The quantitative estimate of drug-likeness (QED) is 0.460. The van der Waals surface area contributed by atoms with Crippen molar-refractivity contribution in [3.05, 3.63) is 87.0 Å². The first kappa shape index (κ1) is 21.2. The second-order valence-electron chi connectivity index (χ2n) is 6.69. The number of benzene rings is 2. The van der Waals surface area contributed by atoms with E-state index in [2.05, 4.69) is 0 Å². The summed E-state index contributed by atoms with van der Waals surface area (Å²) >= 11 is 12.3. The van der Waals surface area contributed by atoms with Gasteiger partial charge in [0.15, 0.2) is 6.61 Å². The smallest absolute Gasteiger partial charge is 0.261 e. The molecule has 7 heteroatoms. The van der Waals surface area contributed by atoms with Crippen LogP contribution in [0.2, 0.25) is 10.0 Å². The lowest BCUT2D eigenvalue weighted by molar-refractivity contribution is -0.134. The standard InChI is InChI=1S/C22H20Cl2FNO3/c1-14-9-17(10-15(2)22(14)24)29-13-21(27)26(11-16-5-4-8-28-16)12-18-19(23)6-3-7-20(18)25/h3-10H,11-13H2,1-2H3. The highest BCUT2D eigenvalue weighted by Gasteiger charge is 2.20. The Morgan fingerprint density at radius 2 is 1.83 bits per heavy atom. The minimum atomic E-state index is -0.473. The van der Waals surface area contributed by atoms with Gasteiger partial charge < -0.3 is 14.1 Å². The summed E-state index contributed by atoms with van der Waals surface area (Å²) in [6.07, 6.45) is 1.52. The van der Waals surface area contributed by atoms with Gasteiger partial charge in [0, 0.05) is 15.6 Å². The summed E-state index contributed by atoms with van der Waals surface area (Å²) in [6.45, 7) is 3.68. The molecule has 0 aliphatic carbocycles. The van der Waals surface area contributed by atoms with Crippen LogP contribution >= 0.6 is 23.2 Å². The largest absolute Gasteiger partial charge is 0.484 e. The van der Waals surface area contributed by atoms with Crippen molar-refractivity contribution in [3.63, 3.8) is 0 Å². The van der Waals surface area contributed by atoms with E-state index in [-0.39, 0.29) is 36.2 Å². The molecule has 0 fully saturated rings. The molecule has 0 saturated heterocycles. The first-order valence-electron chi connectivity index (χ1n) is 8.97. The minimum Gasteiger partial charge on any atom is -0.484 e. The van der Waals surface area contributed by atoms with Crippen molar-refractivity contribution >= 4 is 29.1 Å². The summed E-state index contributed by atoms with van der Waals surface area (Å²) in [6, 6.07) is 11.4. The van der Waals surface area contributed by atoms with Gasteiger partial charge in [0.1, 0.15) is 17.3 Å². The van der Waals surface area contributed by atoms with Crippen LogP contribution in [0.15, 0.2) is 53.1 Å². The van der Waals surface area contributed by atoms with Crippen LogP contribution in [0.3, 0.4) is 0 Å². The van der Waals surface area contributed by atoms with Gasteiger partial charge in [0.05, 0.1) is 19.4 Å². The molecule has 0 N–H and O–H groups in total. The molecule has 0 aliphatic rings. The van der Waals surface area contributed by atoms with Crippen molar-refractivity contribution < 1.29 is 18.3 Å². The summed E-state index contributed by atoms with van der Waals surface area (Å²) in [5.74, 6) is 0.314. The molecule has 2 aromatic carbocycles. The molecule has 3 rings (SSSR count). The van der Waals surface area contributed by atoms with Crippen LogP contribution < -0.4 is 4.74 Å². The molecule has 1 amide bonds. The van der Waals surface area contributed by atoms with Crippen molar-refractivity contribution in [2.45, 2.75) is 26.9 Å². The Morgan fingerprint density at radius 3 is 2.45 bits per heavy atom. The molecule has 0 radical (unpaired) electrons. The molecule has 4 nitrogen and oxygen atoms in total. The van der Waals surface area contributed by atoms with E-state index in [1.54, 1.807) is 30.3 Å². The zero-order valence-corrected chi connectivity index (χ0v) is 17.6. The van der Waals surface area contributed by atoms with Crippen molar-refractivity contribution in [3.8, 4) is 5.75 Å². The van der Waals surface area contributed by atoms with Crippen LogP contribution in [0.4, 0.5) is 4.39 Å². The van der Waals surface area contributed by atoms with Crippen LogP contribution in [-0.2, 0) is 17.9 Å². The molecule has 0 saturated carbocycles. The normalized spacial score (nSPS) is 10.8. The number of carbonyl (C=O) groups is 1. The molecule has 0 aliphatic heterocycles. The summed E-state index contributed by atoms with van der Waals surface area (Å²) in [5, 5.41) is 0.921. The van der Waals surface area contributed by atoms with Crippen molar-refractivity contribution in [2.75, 3.05) is 6.61 Å². The number of aryl methyl sites for hydroxylation is 2. The van der Waals surface area contributed by atoms with Gasteiger partial charge in [-0.25, -0.2) is 4.39 Å². The molecule has 0 unspecified atom stereocenters. The first-order valence-corrected chi connectivity index (χ1v) is 9.73. The monoisotopic (exact) mass is 435 g/mol. The number of nitrogens with zero attached hydrogens (tertiary/aromatic N) is 1. The lowest BCUT2D eigenvalue weighted by Gasteiger charge is -2.23. The van der Waals surface area contributed by atoms with Crippen LogP contribution in [-0.4, -0.2) is 17.4 Å². The van der Waals surface area contributed by atoms with Crippen molar-refractivity contribution in [1.82, 2.24) is 4.90 Å². The number of rotatable bonds is 7. The van der Waals surface area contributed by atoms with Gasteiger partial charge in [-0.05, 0) is 61.4 Å². The van der Waals surface area contributed by atoms with Crippen molar-refractivity contribution in [2.24, 2.45) is 0 Å². The average molecular weight is 436 g/mol. The van der Waals surface area contributed by atoms with E-state index >= 15 is 0 Å². The molecule has 3 aromatic rings. The van der Waals surface area contributed by atoms with Crippen LogP contribution in [0, 0.1) is 19.7 Å². The SMILES string of the molecule is Cc1cc(OCC(=O)N(Cc2ccco2)Cc2c(F)cccc2Cl)cc(C)c1Cl. The average Bonchev–Trinajstić information content (AvgIpc) is 3.19. The molecule has 152 valence electrons. The highest BCUT2D eigenvalue weighted by molar-refractivity contribution is 6.32. The summed E-state index contributed by atoms with van der Waals surface area (Å²) in [7, 11) is 0. The number of furan rings is 1. The third-order valence-corrected chi connectivity index (χ3v) is 5.41. The molecule has 1 heterocycles. The third-order valence-electron chi connectivity index (χ3n) is 4.46. The van der Waals surface area contributed by atoms with E-state index < -0.39 is 5.82 Å². The molecule has 1 aromatic heterocycles. The molecule has 0 bridgehead atoms. The Kier molecular flexibility index (Phi) is 6.83. The van der Waals surface area contributed by atoms with Gasteiger partial charge in [-0.15, -0.1) is 0 Å². The van der Waals surface area contributed by atoms with Gasteiger partial charge in [0.2, 0.25) is 0 Å². The van der Waals surface area contributed by atoms with E-state index in [1.807, 2.05) is 13.8 Å². The molecular formula is C22H20Cl2FNO3. The second kappa shape index (κ2) is 9.33. The van der Waals surface area contributed by atoms with Crippen LogP contribution in [0.1, 0.15) is 22.5 Å². The Hall–Kier alpha value is -2.50. The molecule has 0 spiro atoms. The molecular weight excluding hydrogens is 416 g/mol. The van der Waals surface area contributed by atoms with E-state index in [4.69, 9.17) is 32.4 Å². The van der Waals surface area contributed by atoms with E-state index in [0.717, 1.165) is 11.1 Å². The topological polar surface area (TPSA) is 42.7 Å². The fraction of sp³-hybridized carbons (Fsp3) is 0.227. The fourth-order valence-corrected chi connectivity index (χ4v) is 3.25. The number of hydrogen-bond donors (Lipinski definition) is 0. The first-order chi connectivity index (χ1) is 13.8. The Bertz CT molecular complexity index is 962. The number of ether oxygens (including phenoxy) is 1. The van der Waals surface area contributed by atoms with Gasteiger partial charge in [0.25, 0.3) is 5.91 Å². The fourth-order valence-electron chi connectivity index (χ4n) is 2.92. The summed E-state index contributed by atoms with van der Waals surface area (Å²) < 4.78 is 25.3. The lowest BCUT2D eigenvalue weighted by Crippen LogP contribution is -2.34. The predicted molar refractivity (Wildman–Crippen MR) is 111 cm³/mol. The van der Waals surface area contributed by atoms with Gasteiger partial charge in [-0.1, -0.05) is 29.3 Å². The Morgan fingerprint density at radius 1 is 1.10 bits per heavy atom. The summed E-state index contributed by atoms with van der Waals surface area (Å²) in [5.41, 5.74) is 1.96. The van der Waals surface area contributed by atoms with Gasteiger partial charge in [-0.3, -0.25) is 4.79 Å². The molecule has 29 heavy (non-hydrogen) atoms. The van der Waals surface area contributed by atoms with Gasteiger partial charge >= 0.3 is 0 Å². The van der Waals surface area contributed by atoms with Gasteiger partial charge in [-0.2, -0.15) is 0 Å². The van der Waals surface area contributed by atoms with E-state index in [0.29, 0.717) is 16.5 Å². The van der Waals surface area contributed by atoms with Crippen molar-refractivity contribution in [1.29, 1.82) is 0 Å². The number of hydrogen-bond acceptors (Lipinski definition) is 3. The second-order valence-corrected chi connectivity index (χ2v) is 7.47. The van der Waals surface area contributed by atoms with E-state index in [1.165, 1.54) is 23.3 Å². The maximum Gasteiger partial charge on any atom is 0.261 e. The lowest BCUT2D eigenvalue weighted by atomic mass is 10.1. The highest BCUT2D eigenvalue weighted by Crippen LogP contribution is 2.26. The number of halogens is 3. The minimum absolute atomic E-state index is 0.00687. The third kappa shape index (κ3) is 5.31. The maximum atomic E-state index is 14.2. The van der Waals surface area contributed by atoms with Crippen LogP contribution in [0.25, 0.3) is 0 Å². The molecule has 0 atom stereocenters. The Balaban J connectivity index is 1.77. The summed E-state index contributed by atoms with van der Waals surface area (Å²) in [4.78, 5) is 14.3.